The molecule has 0 bridgehead atoms. The third kappa shape index (κ3) is 51.8. The van der Waals surface area contributed by atoms with Crippen LogP contribution in [0, 0.1) is 11.8 Å². The molecule has 0 aromatic carbocycles. The van der Waals surface area contributed by atoms with Crippen LogP contribution in [-0.2, 0) is 28.6 Å². The van der Waals surface area contributed by atoms with E-state index in [1.165, 1.54) is 225 Å². The van der Waals surface area contributed by atoms with Gasteiger partial charge in [-0.15, -0.1) is 0 Å². The van der Waals surface area contributed by atoms with Crippen molar-refractivity contribution in [2.24, 2.45) is 11.8 Å². The molecule has 0 fully saturated rings. The average Bonchev–Trinajstić information content (AvgIpc) is 3.30. The molecule has 1 unspecified atom stereocenters. The first-order valence-corrected chi connectivity index (χ1v) is 29.8. The number of carbonyl (C=O) groups is 3. The third-order valence-corrected chi connectivity index (χ3v) is 14.1. The van der Waals surface area contributed by atoms with E-state index in [2.05, 4.69) is 34.6 Å². The maximum absolute atomic E-state index is 12.9. The number of rotatable bonds is 54. The Kier molecular flexibility index (Phi) is 51.5. The second-order valence-electron chi connectivity index (χ2n) is 21.4. The molecule has 66 heavy (non-hydrogen) atoms. The molecule has 2 atom stereocenters. The van der Waals surface area contributed by atoms with Gasteiger partial charge >= 0.3 is 17.9 Å². The van der Waals surface area contributed by atoms with E-state index in [1.54, 1.807) is 0 Å². The maximum atomic E-state index is 12.9. The van der Waals surface area contributed by atoms with Crippen molar-refractivity contribution in [3.05, 3.63) is 0 Å². The molecule has 0 aliphatic heterocycles. The predicted octanol–water partition coefficient (Wildman–Crippen LogP) is 19.7. The summed E-state index contributed by atoms with van der Waals surface area (Å²) in [6, 6.07) is 0. The molecule has 0 spiro atoms. The smallest absolute Gasteiger partial charge is 0.306 e. The second-order valence-corrected chi connectivity index (χ2v) is 21.4. The van der Waals surface area contributed by atoms with Gasteiger partial charge in [0.05, 0.1) is 0 Å². The lowest BCUT2D eigenvalue weighted by molar-refractivity contribution is -0.167. The van der Waals surface area contributed by atoms with E-state index >= 15 is 0 Å². The Hall–Kier alpha value is -1.59. The first-order chi connectivity index (χ1) is 32.3. The van der Waals surface area contributed by atoms with Crippen LogP contribution in [0.2, 0.25) is 0 Å². The normalized spacial score (nSPS) is 12.5. The van der Waals surface area contributed by atoms with Crippen molar-refractivity contribution in [2.45, 2.75) is 343 Å². The van der Waals surface area contributed by atoms with E-state index in [4.69, 9.17) is 14.2 Å². The van der Waals surface area contributed by atoms with Crippen LogP contribution in [0.3, 0.4) is 0 Å². The van der Waals surface area contributed by atoms with Gasteiger partial charge in [-0.25, -0.2) is 0 Å². The Bertz CT molecular complexity index is 1010. The zero-order valence-corrected chi connectivity index (χ0v) is 45.3. The molecular weight excluding hydrogens is 817 g/mol. The number of carbonyl (C=O) groups excluding carboxylic acids is 3. The lowest BCUT2D eigenvalue weighted by Crippen LogP contribution is -2.30. The summed E-state index contributed by atoms with van der Waals surface area (Å²) in [5, 5.41) is 0. The highest BCUT2D eigenvalue weighted by Gasteiger charge is 2.19. The number of unbranched alkanes of at least 4 members (excludes halogenated alkanes) is 38. The number of hydrogen-bond donors (Lipinski definition) is 0. The Labute approximate surface area is 412 Å². The summed E-state index contributed by atoms with van der Waals surface area (Å²) in [5.41, 5.74) is 0. The van der Waals surface area contributed by atoms with Crippen LogP contribution in [0.15, 0.2) is 0 Å². The minimum Gasteiger partial charge on any atom is -0.462 e. The molecule has 0 saturated heterocycles. The summed E-state index contributed by atoms with van der Waals surface area (Å²) in [6.45, 7) is 11.4. The molecule has 0 radical (unpaired) electrons. The third-order valence-electron chi connectivity index (χ3n) is 14.1. The van der Waals surface area contributed by atoms with E-state index in [0.717, 1.165) is 69.6 Å². The van der Waals surface area contributed by atoms with Gasteiger partial charge in [0.25, 0.3) is 0 Å². The molecule has 0 aromatic rings. The van der Waals surface area contributed by atoms with Crippen LogP contribution in [0.25, 0.3) is 0 Å². The summed E-state index contributed by atoms with van der Waals surface area (Å²) in [7, 11) is 0. The number of ether oxygens (including phenoxy) is 3. The summed E-state index contributed by atoms with van der Waals surface area (Å²) in [4.78, 5) is 38.1. The van der Waals surface area contributed by atoms with Crippen molar-refractivity contribution in [3.63, 3.8) is 0 Å². The maximum Gasteiger partial charge on any atom is 0.306 e. The lowest BCUT2D eigenvalue weighted by Gasteiger charge is -2.18. The highest BCUT2D eigenvalue weighted by atomic mass is 16.6. The number of hydrogen-bond acceptors (Lipinski definition) is 6. The molecular formula is C60H116O6. The molecule has 0 N–H and O–H groups in total. The van der Waals surface area contributed by atoms with Crippen LogP contribution < -0.4 is 0 Å². The Morgan fingerprint density at radius 1 is 0.318 bits per heavy atom. The molecule has 6 heteroatoms. The van der Waals surface area contributed by atoms with Gasteiger partial charge in [-0.1, -0.05) is 298 Å². The summed E-state index contributed by atoms with van der Waals surface area (Å²) in [5.74, 6) is 0.879. The van der Waals surface area contributed by atoms with Gasteiger partial charge in [0, 0.05) is 19.3 Å². The van der Waals surface area contributed by atoms with E-state index in [0.29, 0.717) is 19.3 Å². The molecule has 0 aliphatic rings. The van der Waals surface area contributed by atoms with Crippen LogP contribution in [0.5, 0.6) is 0 Å². The minimum absolute atomic E-state index is 0.0627. The van der Waals surface area contributed by atoms with Gasteiger partial charge in [-0.2, -0.15) is 0 Å². The summed E-state index contributed by atoms with van der Waals surface area (Å²) < 4.78 is 16.9. The fourth-order valence-electron chi connectivity index (χ4n) is 9.20. The average molecular weight is 934 g/mol. The lowest BCUT2D eigenvalue weighted by atomic mass is 9.99. The van der Waals surface area contributed by atoms with Gasteiger partial charge in [0.15, 0.2) is 6.10 Å². The largest absolute Gasteiger partial charge is 0.462 e. The topological polar surface area (TPSA) is 78.9 Å². The van der Waals surface area contributed by atoms with E-state index in [9.17, 15) is 14.4 Å². The number of esters is 3. The highest BCUT2D eigenvalue weighted by Crippen LogP contribution is 2.19. The molecule has 0 saturated carbocycles. The predicted molar refractivity (Wildman–Crippen MR) is 284 cm³/mol. The van der Waals surface area contributed by atoms with Crippen molar-refractivity contribution in [2.75, 3.05) is 13.2 Å². The van der Waals surface area contributed by atoms with Crippen LogP contribution in [0.4, 0.5) is 0 Å². The molecule has 392 valence electrons. The quantitative estimate of drug-likeness (QED) is 0.0343. The van der Waals surface area contributed by atoms with Crippen molar-refractivity contribution >= 4 is 17.9 Å². The van der Waals surface area contributed by atoms with Crippen molar-refractivity contribution in [1.82, 2.24) is 0 Å². The minimum atomic E-state index is -0.763. The first kappa shape index (κ1) is 64.4. The molecule has 0 heterocycles. The van der Waals surface area contributed by atoms with E-state index < -0.39 is 6.10 Å². The van der Waals surface area contributed by atoms with Gasteiger partial charge < -0.3 is 14.2 Å². The fraction of sp³-hybridized carbons (Fsp3) is 0.950. The van der Waals surface area contributed by atoms with Crippen LogP contribution >= 0.6 is 0 Å². The second kappa shape index (κ2) is 52.8. The Morgan fingerprint density at radius 2 is 0.576 bits per heavy atom. The van der Waals surface area contributed by atoms with Crippen LogP contribution in [-0.4, -0.2) is 37.2 Å². The van der Waals surface area contributed by atoms with Gasteiger partial charge in [0.1, 0.15) is 13.2 Å². The zero-order valence-electron chi connectivity index (χ0n) is 45.3. The molecule has 6 nitrogen and oxygen atoms in total. The van der Waals surface area contributed by atoms with Crippen molar-refractivity contribution in [3.8, 4) is 0 Å². The first-order valence-electron chi connectivity index (χ1n) is 29.8. The molecule has 0 amide bonds. The Morgan fingerprint density at radius 3 is 0.864 bits per heavy atom. The summed E-state index contributed by atoms with van der Waals surface area (Å²) >= 11 is 0. The fourth-order valence-corrected chi connectivity index (χ4v) is 9.20. The van der Waals surface area contributed by atoms with E-state index in [-0.39, 0.29) is 31.1 Å². The zero-order chi connectivity index (χ0) is 48.2. The monoisotopic (exact) mass is 933 g/mol. The SMILES string of the molecule is CCCCCCCCCCCCCCCCC(=O)OC[C@@H](COC(=O)CCCCCCCCCCCC(C)C)OC(=O)CCCCCCCCCCCCCCCCCCCCC(C)CC. The molecule has 0 aliphatic carbocycles. The summed E-state index contributed by atoms with van der Waals surface area (Å²) in [6.07, 6.45) is 56.7. The van der Waals surface area contributed by atoms with Crippen molar-refractivity contribution < 1.29 is 28.6 Å². The van der Waals surface area contributed by atoms with Gasteiger partial charge in [-0.3, -0.25) is 14.4 Å². The molecule has 0 rings (SSSR count). The van der Waals surface area contributed by atoms with Crippen LogP contribution in [0.1, 0.15) is 336 Å². The van der Waals surface area contributed by atoms with E-state index in [1.807, 2.05) is 0 Å². The molecule has 0 aromatic heterocycles. The van der Waals surface area contributed by atoms with Crippen molar-refractivity contribution in [1.29, 1.82) is 0 Å². The van der Waals surface area contributed by atoms with Gasteiger partial charge in [-0.05, 0) is 31.1 Å². The highest BCUT2D eigenvalue weighted by molar-refractivity contribution is 5.71. The van der Waals surface area contributed by atoms with Gasteiger partial charge in [0.2, 0.25) is 0 Å². The standard InChI is InChI=1S/C60H116O6/c1-6-8-9-10-11-12-13-14-22-25-30-35-40-45-50-58(61)64-53-57(54-65-59(62)51-46-41-36-32-27-28-33-38-43-48-55(3)4)66-60(63)52-47-42-37-31-26-23-20-18-16-15-17-19-21-24-29-34-39-44-49-56(5)7-2/h55-57H,6-54H2,1-5H3/t56?,57-/m0/s1. The Balaban J connectivity index is 4.24.